The summed E-state index contributed by atoms with van der Waals surface area (Å²) in [7, 11) is 0. The Labute approximate surface area is 135 Å². The normalized spacial score (nSPS) is 16.6. The van der Waals surface area contributed by atoms with E-state index in [1.807, 2.05) is 37.3 Å². The van der Waals surface area contributed by atoms with E-state index in [4.69, 9.17) is 4.52 Å². The van der Waals surface area contributed by atoms with Crippen molar-refractivity contribution < 1.29 is 14.4 Å². The third kappa shape index (κ3) is 3.45. The van der Waals surface area contributed by atoms with E-state index in [2.05, 4.69) is 10.5 Å². The van der Waals surface area contributed by atoms with Gasteiger partial charge in [-0.25, -0.2) is 4.79 Å². The van der Waals surface area contributed by atoms with Crippen molar-refractivity contribution in [2.75, 3.05) is 6.54 Å². The highest BCUT2D eigenvalue weighted by Gasteiger charge is 2.27. The van der Waals surface area contributed by atoms with E-state index in [0.29, 0.717) is 17.4 Å². The number of carboxylic acids is 1. The maximum Gasteiger partial charge on any atom is 0.341 e. The van der Waals surface area contributed by atoms with Gasteiger partial charge in [0.25, 0.3) is 0 Å². The first kappa shape index (κ1) is 15.7. The topological polar surface area (TPSA) is 75.4 Å². The van der Waals surface area contributed by atoms with Gasteiger partial charge in [-0.05, 0) is 32.2 Å². The Balaban J connectivity index is 1.81. The van der Waals surface area contributed by atoms with Crippen molar-refractivity contribution in [2.24, 2.45) is 5.92 Å². The minimum atomic E-state index is -1.00. The molecule has 1 aromatic carbocycles. The molecule has 0 saturated heterocycles. The molecule has 1 unspecified atom stereocenters. The third-order valence-corrected chi connectivity index (χ3v) is 4.56. The largest absolute Gasteiger partial charge is 0.477 e. The molecule has 0 radical (unpaired) electrons. The molecule has 2 N–H and O–H groups in total. The van der Waals surface area contributed by atoms with Crippen LogP contribution in [0.5, 0.6) is 0 Å². The number of aromatic nitrogens is 1. The predicted molar refractivity (Wildman–Crippen MR) is 87.3 cm³/mol. The van der Waals surface area contributed by atoms with Crippen LogP contribution in [-0.2, 0) is 0 Å². The predicted octanol–water partition coefficient (Wildman–Crippen LogP) is 3.88. The Morgan fingerprint density at radius 2 is 2.04 bits per heavy atom. The fraction of sp³-hybridized carbons (Fsp3) is 0.444. The molecule has 1 heterocycles. The van der Waals surface area contributed by atoms with Crippen LogP contribution in [0.15, 0.2) is 34.9 Å². The lowest BCUT2D eigenvalue weighted by Gasteiger charge is -2.15. The highest BCUT2D eigenvalue weighted by Crippen LogP contribution is 2.30. The Kier molecular flexibility index (Phi) is 4.76. The molecule has 0 bridgehead atoms. The number of nitrogens with zero attached hydrogens (tertiary/aromatic N) is 1. The summed E-state index contributed by atoms with van der Waals surface area (Å²) in [6.07, 6.45) is 5.08. The van der Waals surface area contributed by atoms with Crippen molar-refractivity contribution in [3.8, 4) is 11.3 Å². The highest BCUT2D eigenvalue weighted by atomic mass is 16.5. The zero-order chi connectivity index (χ0) is 16.2. The number of carboxylic acid groups (broad SMARTS) is 1. The zero-order valence-corrected chi connectivity index (χ0v) is 13.3. The Bertz CT molecular complexity index is 660. The number of aromatic carboxylic acids is 1. The first-order valence-electron chi connectivity index (χ1n) is 8.18. The van der Waals surface area contributed by atoms with Crippen molar-refractivity contribution in [1.82, 2.24) is 10.5 Å². The van der Waals surface area contributed by atoms with E-state index in [1.54, 1.807) is 0 Å². The first-order chi connectivity index (χ1) is 11.2. The van der Waals surface area contributed by atoms with Crippen LogP contribution >= 0.6 is 0 Å². The summed E-state index contributed by atoms with van der Waals surface area (Å²) in [5, 5.41) is 17.0. The number of hydrogen-bond donors (Lipinski definition) is 2. The van der Waals surface area contributed by atoms with Gasteiger partial charge in [0.05, 0.1) is 6.04 Å². The van der Waals surface area contributed by atoms with E-state index < -0.39 is 5.97 Å². The molecule has 23 heavy (non-hydrogen) atoms. The molecule has 5 nitrogen and oxygen atoms in total. The fourth-order valence-electron chi connectivity index (χ4n) is 3.25. The second-order valence-electron chi connectivity index (χ2n) is 6.22. The minimum Gasteiger partial charge on any atom is -0.477 e. The van der Waals surface area contributed by atoms with Gasteiger partial charge in [-0.1, -0.05) is 48.3 Å². The summed E-state index contributed by atoms with van der Waals surface area (Å²) >= 11 is 0. The van der Waals surface area contributed by atoms with Gasteiger partial charge in [0, 0.05) is 5.56 Å². The molecule has 1 aliphatic carbocycles. The average Bonchev–Trinajstić information content (AvgIpc) is 3.22. The Morgan fingerprint density at radius 3 is 2.70 bits per heavy atom. The summed E-state index contributed by atoms with van der Waals surface area (Å²) in [6.45, 7) is 2.82. The molecule has 0 spiro atoms. The Morgan fingerprint density at radius 1 is 1.35 bits per heavy atom. The fourth-order valence-corrected chi connectivity index (χ4v) is 3.25. The van der Waals surface area contributed by atoms with Gasteiger partial charge in [-0.3, -0.25) is 0 Å². The van der Waals surface area contributed by atoms with Crippen molar-refractivity contribution in [1.29, 1.82) is 0 Å². The van der Waals surface area contributed by atoms with Crippen LogP contribution in [0.3, 0.4) is 0 Å². The van der Waals surface area contributed by atoms with Crippen LogP contribution < -0.4 is 5.32 Å². The van der Waals surface area contributed by atoms with Crippen LogP contribution in [0.4, 0.5) is 0 Å². The van der Waals surface area contributed by atoms with Crippen molar-refractivity contribution in [3.05, 3.63) is 41.7 Å². The highest BCUT2D eigenvalue weighted by molar-refractivity contribution is 5.95. The van der Waals surface area contributed by atoms with Crippen molar-refractivity contribution >= 4 is 5.97 Å². The van der Waals surface area contributed by atoms with Gasteiger partial charge < -0.3 is 14.9 Å². The molecule has 2 aromatic rings. The molecular weight excluding hydrogens is 292 g/mol. The summed E-state index contributed by atoms with van der Waals surface area (Å²) in [4.78, 5) is 11.7. The lowest BCUT2D eigenvalue weighted by molar-refractivity contribution is 0.0694. The number of hydrogen-bond acceptors (Lipinski definition) is 4. The molecule has 122 valence electrons. The van der Waals surface area contributed by atoms with E-state index in [9.17, 15) is 9.90 Å². The third-order valence-electron chi connectivity index (χ3n) is 4.56. The number of rotatable bonds is 6. The standard InChI is InChI=1S/C18H22N2O3/c1-12(19-11-13-7-5-6-8-13)17-15(18(21)22)16(20-23-17)14-9-3-2-4-10-14/h2-4,9-10,12-13,19H,5-8,11H2,1H3,(H,21,22). The average molecular weight is 314 g/mol. The summed E-state index contributed by atoms with van der Waals surface area (Å²) in [5.41, 5.74) is 1.30. The van der Waals surface area contributed by atoms with E-state index in [-0.39, 0.29) is 11.6 Å². The van der Waals surface area contributed by atoms with E-state index in [1.165, 1.54) is 25.7 Å². The van der Waals surface area contributed by atoms with Crippen molar-refractivity contribution in [3.63, 3.8) is 0 Å². The molecule has 1 saturated carbocycles. The lowest BCUT2D eigenvalue weighted by atomic mass is 10.0. The lowest BCUT2D eigenvalue weighted by Crippen LogP contribution is -2.25. The monoisotopic (exact) mass is 314 g/mol. The molecule has 1 atom stereocenters. The van der Waals surface area contributed by atoms with E-state index >= 15 is 0 Å². The first-order valence-corrected chi connectivity index (χ1v) is 8.18. The second-order valence-corrected chi connectivity index (χ2v) is 6.22. The quantitative estimate of drug-likeness (QED) is 0.846. The molecule has 5 heteroatoms. The van der Waals surface area contributed by atoms with Crippen molar-refractivity contribution in [2.45, 2.75) is 38.6 Å². The van der Waals surface area contributed by atoms with Crippen LogP contribution in [-0.4, -0.2) is 22.8 Å². The number of benzene rings is 1. The molecule has 1 aromatic heterocycles. The summed E-state index contributed by atoms with van der Waals surface area (Å²) in [6, 6.07) is 9.10. The minimum absolute atomic E-state index is 0.155. The van der Waals surface area contributed by atoms with Gasteiger partial charge >= 0.3 is 5.97 Å². The van der Waals surface area contributed by atoms with Crippen LogP contribution in [0.2, 0.25) is 0 Å². The maximum absolute atomic E-state index is 11.7. The number of carbonyl (C=O) groups is 1. The molecule has 3 rings (SSSR count). The molecule has 0 amide bonds. The number of nitrogens with one attached hydrogen (secondary N) is 1. The second kappa shape index (κ2) is 6.96. The molecule has 1 aliphatic rings. The summed E-state index contributed by atoms with van der Waals surface area (Å²) in [5.74, 6) is 0.0752. The SMILES string of the molecule is CC(NCC1CCCC1)c1onc(-c2ccccc2)c1C(=O)O. The Hall–Kier alpha value is -2.14. The van der Waals surface area contributed by atoms with Gasteiger partial charge in [-0.2, -0.15) is 0 Å². The van der Waals surface area contributed by atoms with Gasteiger partial charge in [0.1, 0.15) is 11.3 Å². The maximum atomic E-state index is 11.7. The molecule has 1 fully saturated rings. The molecule has 0 aliphatic heterocycles. The van der Waals surface area contributed by atoms with Crippen LogP contribution in [0, 0.1) is 5.92 Å². The summed E-state index contributed by atoms with van der Waals surface area (Å²) < 4.78 is 5.40. The van der Waals surface area contributed by atoms with Gasteiger partial charge in [-0.15, -0.1) is 0 Å². The zero-order valence-electron chi connectivity index (χ0n) is 13.3. The molecular formula is C18H22N2O3. The smallest absolute Gasteiger partial charge is 0.341 e. The van der Waals surface area contributed by atoms with Gasteiger partial charge in [0.2, 0.25) is 0 Å². The van der Waals surface area contributed by atoms with E-state index in [0.717, 1.165) is 12.1 Å². The van der Waals surface area contributed by atoms with Crippen LogP contribution in [0.1, 0.15) is 54.8 Å². The van der Waals surface area contributed by atoms with Gasteiger partial charge in [0.15, 0.2) is 5.76 Å². The van der Waals surface area contributed by atoms with Crippen LogP contribution in [0.25, 0.3) is 11.3 Å².